The smallest absolute Gasteiger partial charge is 0.281 e. The van der Waals surface area contributed by atoms with E-state index in [2.05, 4.69) is 17.0 Å². The Labute approximate surface area is 176 Å². The normalized spacial score (nSPS) is 16.2. The molecule has 0 bridgehead atoms. The van der Waals surface area contributed by atoms with Gasteiger partial charge in [0.05, 0.1) is 17.3 Å². The predicted octanol–water partition coefficient (Wildman–Crippen LogP) is 2.53. The molecule has 3 aromatic rings. The molecule has 3 heterocycles. The van der Waals surface area contributed by atoms with Crippen molar-refractivity contribution >= 4 is 16.7 Å². The second-order valence-electron chi connectivity index (χ2n) is 8.08. The topological polar surface area (TPSA) is 63.4 Å². The number of carbonyl (C=O) groups is 1. The first-order valence-electron chi connectivity index (χ1n) is 10.6. The quantitative estimate of drug-likeness (QED) is 0.667. The van der Waals surface area contributed by atoms with Gasteiger partial charge < -0.3 is 14.4 Å². The van der Waals surface area contributed by atoms with Crippen LogP contribution in [0.2, 0.25) is 0 Å². The standard InChI is InChI=1S/C23H29N5O2/c1-5-20(22(29)26-13-11-25(4)12-14-26)27-16(2)19-15-24-28(18-9-7-6-8-10-18)23(30)21(19)17(27)3/h6-10,15,20H,5,11-14H2,1-4H3. The van der Waals surface area contributed by atoms with Crippen molar-refractivity contribution in [2.75, 3.05) is 33.2 Å². The van der Waals surface area contributed by atoms with Gasteiger partial charge in [-0.2, -0.15) is 9.78 Å². The zero-order chi connectivity index (χ0) is 21.4. The molecule has 1 amide bonds. The number of fused-ring (bicyclic) bond motifs is 1. The van der Waals surface area contributed by atoms with Crippen LogP contribution in [0.3, 0.4) is 0 Å². The van der Waals surface area contributed by atoms with Crippen molar-refractivity contribution in [3.05, 3.63) is 58.3 Å². The summed E-state index contributed by atoms with van der Waals surface area (Å²) in [4.78, 5) is 30.9. The molecule has 0 radical (unpaired) electrons. The van der Waals surface area contributed by atoms with E-state index in [0.717, 1.165) is 48.6 Å². The van der Waals surface area contributed by atoms with Crippen LogP contribution in [-0.4, -0.2) is 63.3 Å². The van der Waals surface area contributed by atoms with Crippen molar-refractivity contribution < 1.29 is 4.79 Å². The Morgan fingerprint density at radius 1 is 1.07 bits per heavy atom. The Morgan fingerprint density at radius 3 is 2.37 bits per heavy atom. The van der Waals surface area contributed by atoms with Crippen molar-refractivity contribution in [2.45, 2.75) is 33.2 Å². The Bertz CT molecular complexity index is 1120. The molecule has 1 atom stereocenters. The number of hydrogen-bond acceptors (Lipinski definition) is 4. The summed E-state index contributed by atoms with van der Waals surface area (Å²) >= 11 is 0. The van der Waals surface area contributed by atoms with Crippen LogP contribution in [0.4, 0.5) is 0 Å². The van der Waals surface area contributed by atoms with Gasteiger partial charge in [0.2, 0.25) is 5.91 Å². The fourth-order valence-electron chi connectivity index (χ4n) is 4.51. The summed E-state index contributed by atoms with van der Waals surface area (Å²) in [5, 5.41) is 5.86. The van der Waals surface area contributed by atoms with Gasteiger partial charge in [0.1, 0.15) is 6.04 Å². The monoisotopic (exact) mass is 407 g/mol. The minimum absolute atomic E-state index is 0.133. The second-order valence-corrected chi connectivity index (χ2v) is 8.08. The summed E-state index contributed by atoms with van der Waals surface area (Å²) in [6, 6.07) is 9.10. The largest absolute Gasteiger partial charge is 0.338 e. The molecule has 1 aliphatic heterocycles. The van der Waals surface area contributed by atoms with E-state index in [-0.39, 0.29) is 17.5 Å². The molecule has 1 fully saturated rings. The lowest BCUT2D eigenvalue weighted by Crippen LogP contribution is -2.49. The van der Waals surface area contributed by atoms with Crippen molar-refractivity contribution in [1.82, 2.24) is 24.1 Å². The lowest BCUT2D eigenvalue weighted by atomic mass is 10.1. The molecule has 1 unspecified atom stereocenters. The summed E-state index contributed by atoms with van der Waals surface area (Å²) in [7, 11) is 2.08. The highest BCUT2D eigenvalue weighted by molar-refractivity contribution is 5.89. The van der Waals surface area contributed by atoms with Crippen molar-refractivity contribution in [1.29, 1.82) is 0 Å². The van der Waals surface area contributed by atoms with Crippen molar-refractivity contribution in [3.8, 4) is 5.69 Å². The third kappa shape index (κ3) is 3.33. The second kappa shape index (κ2) is 8.07. The SMILES string of the molecule is CCC(C(=O)N1CCN(C)CC1)n1c(C)c2cnn(-c3ccccc3)c(=O)c2c1C. The van der Waals surface area contributed by atoms with E-state index in [0.29, 0.717) is 11.8 Å². The van der Waals surface area contributed by atoms with E-state index in [1.165, 1.54) is 4.68 Å². The molecule has 1 aliphatic rings. The Morgan fingerprint density at radius 2 is 1.73 bits per heavy atom. The first-order valence-corrected chi connectivity index (χ1v) is 10.6. The number of para-hydroxylation sites is 1. The van der Waals surface area contributed by atoms with Crippen LogP contribution in [-0.2, 0) is 4.79 Å². The molecule has 1 aromatic carbocycles. The number of carbonyl (C=O) groups excluding carboxylic acids is 1. The van der Waals surface area contributed by atoms with Gasteiger partial charge in [-0.1, -0.05) is 25.1 Å². The molecular weight excluding hydrogens is 378 g/mol. The third-order valence-corrected chi connectivity index (χ3v) is 6.25. The number of benzene rings is 1. The van der Waals surface area contributed by atoms with Crippen LogP contribution in [0.1, 0.15) is 30.8 Å². The number of aryl methyl sites for hydroxylation is 2. The van der Waals surface area contributed by atoms with Gasteiger partial charge in [0.15, 0.2) is 0 Å². The summed E-state index contributed by atoms with van der Waals surface area (Å²) in [5.41, 5.74) is 2.32. The van der Waals surface area contributed by atoms with Crippen LogP contribution in [0.25, 0.3) is 16.5 Å². The van der Waals surface area contributed by atoms with Crippen molar-refractivity contribution in [2.24, 2.45) is 0 Å². The Balaban J connectivity index is 1.80. The maximum absolute atomic E-state index is 13.4. The molecule has 0 saturated carbocycles. The zero-order valence-corrected chi connectivity index (χ0v) is 18.1. The summed E-state index contributed by atoms with van der Waals surface area (Å²) in [6.07, 6.45) is 2.42. The van der Waals surface area contributed by atoms with Crippen LogP contribution in [0.15, 0.2) is 41.3 Å². The molecule has 7 nitrogen and oxygen atoms in total. The molecule has 158 valence electrons. The lowest BCUT2D eigenvalue weighted by Gasteiger charge is -2.35. The van der Waals surface area contributed by atoms with E-state index >= 15 is 0 Å². The molecule has 7 heteroatoms. The van der Waals surface area contributed by atoms with Gasteiger partial charge in [-0.3, -0.25) is 9.59 Å². The molecule has 1 saturated heterocycles. The summed E-state index contributed by atoms with van der Waals surface area (Å²) < 4.78 is 3.48. The van der Waals surface area contributed by atoms with Crippen molar-refractivity contribution in [3.63, 3.8) is 0 Å². The first kappa shape index (κ1) is 20.3. The van der Waals surface area contributed by atoms with E-state index in [4.69, 9.17) is 0 Å². The van der Waals surface area contributed by atoms with Crippen LogP contribution in [0.5, 0.6) is 0 Å². The number of nitrogens with zero attached hydrogens (tertiary/aromatic N) is 5. The van der Waals surface area contributed by atoms with Crippen LogP contribution >= 0.6 is 0 Å². The van der Waals surface area contributed by atoms with Gasteiger partial charge in [-0.25, -0.2) is 0 Å². The Kier molecular flexibility index (Phi) is 5.47. The lowest BCUT2D eigenvalue weighted by molar-refractivity contribution is -0.136. The van der Waals surface area contributed by atoms with E-state index < -0.39 is 0 Å². The number of hydrogen-bond donors (Lipinski definition) is 0. The van der Waals surface area contributed by atoms with Gasteiger partial charge >= 0.3 is 0 Å². The fourth-order valence-corrected chi connectivity index (χ4v) is 4.51. The minimum atomic E-state index is -0.314. The number of rotatable bonds is 4. The fraction of sp³-hybridized carbons (Fsp3) is 0.435. The molecule has 4 rings (SSSR count). The van der Waals surface area contributed by atoms with Gasteiger partial charge in [-0.15, -0.1) is 0 Å². The molecule has 0 spiro atoms. The average molecular weight is 408 g/mol. The maximum atomic E-state index is 13.4. The maximum Gasteiger partial charge on any atom is 0.281 e. The van der Waals surface area contributed by atoms with Gasteiger partial charge in [0.25, 0.3) is 5.56 Å². The zero-order valence-electron chi connectivity index (χ0n) is 18.1. The highest BCUT2D eigenvalue weighted by atomic mass is 16.2. The number of amides is 1. The first-order chi connectivity index (χ1) is 14.4. The summed E-state index contributed by atoms with van der Waals surface area (Å²) in [6.45, 7) is 9.21. The highest BCUT2D eigenvalue weighted by Crippen LogP contribution is 2.29. The number of piperazine rings is 1. The van der Waals surface area contributed by atoms with E-state index in [1.54, 1.807) is 6.20 Å². The summed E-state index contributed by atoms with van der Waals surface area (Å²) in [5.74, 6) is 0.133. The number of aromatic nitrogens is 3. The molecule has 2 aromatic heterocycles. The minimum Gasteiger partial charge on any atom is -0.338 e. The molecule has 0 aliphatic carbocycles. The van der Waals surface area contributed by atoms with Gasteiger partial charge in [0, 0.05) is 43.0 Å². The molecule has 30 heavy (non-hydrogen) atoms. The predicted molar refractivity (Wildman–Crippen MR) is 118 cm³/mol. The molecular formula is C23H29N5O2. The third-order valence-electron chi connectivity index (χ3n) is 6.25. The van der Waals surface area contributed by atoms with Gasteiger partial charge in [-0.05, 0) is 39.4 Å². The average Bonchev–Trinajstić information content (AvgIpc) is 3.01. The van der Waals surface area contributed by atoms with E-state index in [9.17, 15) is 9.59 Å². The molecule has 0 N–H and O–H groups in total. The highest BCUT2D eigenvalue weighted by Gasteiger charge is 2.30. The van der Waals surface area contributed by atoms with Crippen LogP contribution in [0, 0.1) is 13.8 Å². The number of likely N-dealkylation sites (N-methyl/N-ethyl adjacent to an activating group) is 1. The Hall–Kier alpha value is -2.93. The van der Waals surface area contributed by atoms with E-state index in [1.807, 2.05) is 60.6 Å². The van der Waals surface area contributed by atoms with Crippen LogP contribution < -0.4 is 5.56 Å².